The van der Waals surface area contributed by atoms with Gasteiger partial charge in [0.15, 0.2) is 11.3 Å². The van der Waals surface area contributed by atoms with Crippen molar-refractivity contribution in [3.05, 3.63) is 74.1 Å². The Hall–Kier alpha value is -5.59. The number of anilines is 2. The van der Waals surface area contributed by atoms with Crippen molar-refractivity contribution < 1.29 is 37.8 Å². The quantitative estimate of drug-likeness (QED) is 0.0522. The first-order valence-corrected chi connectivity index (χ1v) is 44.6. The van der Waals surface area contributed by atoms with Gasteiger partial charge >= 0.3 is 19.3 Å². The fourth-order valence-electron chi connectivity index (χ4n) is 14.3. The lowest BCUT2D eigenvalue weighted by atomic mass is 9.77. The van der Waals surface area contributed by atoms with Crippen LogP contribution in [0.15, 0.2) is 49.3 Å². The van der Waals surface area contributed by atoms with E-state index in [0.717, 1.165) is 157 Å². The van der Waals surface area contributed by atoms with Gasteiger partial charge in [-0.1, -0.05) is 68.6 Å². The van der Waals surface area contributed by atoms with Crippen molar-refractivity contribution >= 4 is 142 Å². The van der Waals surface area contributed by atoms with Gasteiger partial charge in [0.2, 0.25) is 0 Å². The van der Waals surface area contributed by atoms with Crippen molar-refractivity contribution in [1.82, 2.24) is 59.3 Å². The average molecular weight is 1560 g/mol. The van der Waals surface area contributed by atoms with E-state index < -0.39 is 34.5 Å². The molecule has 6 aromatic heterocycles. The van der Waals surface area contributed by atoms with Crippen LogP contribution in [0.2, 0.25) is 61.4 Å². The molecule has 0 spiro atoms. The van der Waals surface area contributed by atoms with Crippen LogP contribution in [0, 0.1) is 17.4 Å². The summed E-state index contributed by atoms with van der Waals surface area (Å²) >= 11 is 16.0. The molecule has 5 fully saturated rings. The number of ether oxygens (including phenoxy) is 4. The number of piperidine rings is 2. The Labute approximate surface area is 615 Å². The number of aromatic nitrogens is 10. The number of carbonyl (C=O) groups is 2. The van der Waals surface area contributed by atoms with Crippen LogP contribution in [0.5, 0.6) is 0 Å². The number of nitrogens with one attached hydrogen (secondary N) is 2. The van der Waals surface area contributed by atoms with E-state index in [4.69, 9.17) is 71.4 Å². The molecule has 5 aliphatic rings. The molecule has 542 valence electrons. The zero-order valence-electron chi connectivity index (χ0n) is 62.3. The molecule has 8 aromatic rings. The van der Waals surface area contributed by atoms with Crippen LogP contribution in [0.4, 0.5) is 21.2 Å². The fraction of sp³-hybridized carbons (Fsp3) is 0.611. The summed E-state index contributed by atoms with van der Waals surface area (Å²) in [6.07, 6.45) is 19.0. The Kier molecular flexibility index (Phi) is 22.0. The van der Waals surface area contributed by atoms with Crippen molar-refractivity contribution in [3.63, 3.8) is 0 Å². The Balaban J connectivity index is 0.000000161. The summed E-state index contributed by atoms with van der Waals surface area (Å²) in [5, 5.41) is 18.4. The Morgan fingerprint density at radius 3 is 1.46 bits per heavy atom. The highest BCUT2D eigenvalue weighted by molar-refractivity contribution is 14.1. The number of nitrogens with zero attached hydrogens (tertiary/aromatic N) is 12. The van der Waals surface area contributed by atoms with Gasteiger partial charge in [-0.15, -0.1) is 0 Å². The molecule has 4 bridgehead atoms. The van der Waals surface area contributed by atoms with Crippen LogP contribution in [0.25, 0.3) is 55.3 Å². The smallest absolute Gasteiger partial charge is 0.444 e. The van der Waals surface area contributed by atoms with Crippen LogP contribution in [0.3, 0.4) is 0 Å². The molecular formula is C72H104BCl2IN14O8Si2. The lowest BCUT2D eigenvalue weighted by Gasteiger charge is -2.40. The molecule has 28 heteroatoms. The monoisotopic (exact) mass is 1560 g/mol. The molecule has 0 aliphatic carbocycles. The Morgan fingerprint density at radius 1 is 0.610 bits per heavy atom. The first-order valence-electron chi connectivity index (χ1n) is 35.4. The van der Waals surface area contributed by atoms with E-state index in [1.807, 2.05) is 121 Å². The highest BCUT2D eigenvalue weighted by atomic mass is 127. The van der Waals surface area contributed by atoms with E-state index in [-0.39, 0.29) is 47.6 Å². The number of hydrogen-bond donors (Lipinski definition) is 2. The summed E-state index contributed by atoms with van der Waals surface area (Å²) in [5.74, 6) is 1.79. The predicted octanol–water partition coefficient (Wildman–Crippen LogP) is 15.5. The van der Waals surface area contributed by atoms with E-state index >= 15 is 0 Å². The summed E-state index contributed by atoms with van der Waals surface area (Å²) in [4.78, 5) is 49.8. The van der Waals surface area contributed by atoms with Crippen molar-refractivity contribution in [3.8, 4) is 11.1 Å². The molecule has 6 atom stereocenters. The van der Waals surface area contributed by atoms with Crippen LogP contribution in [-0.4, -0.2) is 156 Å². The zero-order chi connectivity index (χ0) is 72.5. The summed E-state index contributed by atoms with van der Waals surface area (Å²) in [5.41, 5.74) is 8.28. The van der Waals surface area contributed by atoms with E-state index in [1.165, 1.54) is 0 Å². The summed E-state index contributed by atoms with van der Waals surface area (Å²) in [7, 11) is 1.01. The minimum absolute atomic E-state index is 0.0771. The Morgan fingerprint density at radius 2 is 1.02 bits per heavy atom. The van der Waals surface area contributed by atoms with E-state index in [1.54, 1.807) is 9.36 Å². The van der Waals surface area contributed by atoms with Gasteiger partial charge in [0.25, 0.3) is 0 Å². The Bertz CT molecular complexity index is 4280. The summed E-state index contributed by atoms with van der Waals surface area (Å²) < 4.78 is 44.3. The first-order chi connectivity index (χ1) is 46.7. The number of carbonyl (C=O) groups excluding carboxylic acids is 2. The van der Waals surface area contributed by atoms with Crippen molar-refractivity contribution in [2.45, 2.75) is 258 Å². The molecule has 2 aromatic carbocycles. The van der Waals surface area contributed by atoms with Crippen LogP contribution in [0.1, 0.15) is 132 Å². The van der Waals surface area contributed by atoms with Crippen LogP contribution in [-0.2, 0) is 55.8 Å². The second-order valence-electron chi connectivity index (χ2n) is 33.5. The molecule has 2 unspecified atom stereocenters. The maximum absolute atomic E-state index is 12.5. The molecule has 5 saturated heterocycles. The molecule has 22 nitrogen and oxygen atoms in total. The van der Waals surface area contributed by atoms with Gasteiger partial charge in [-0.3, -0.25) is 9.36 Å². The van der Waals surface area contributed by atoms with Gasteiger partial charge in [0, 0.05) is 132 Å². The predicted molar refractivity (Wildman–Crippen MR) is 415 cm³/mol. The van der Waals surface area contributed by atoms with Gasteiger partial charge in [-0.2, -0.15) is 10.2 Å². The molecule has 13 rings (SSSR count). The van der Waals surface area contributed by atoms with Gasteiger partial charge < -0.3 is 57.8 Å². The molecule has 0 radical (unpaired) electrons. The third kappa shape index (κ3) is 17.3. The number of hydrogen-bond acceptors (Lipinski definition) is 16. The summed E-state index contributed by atoms with van der Waals surface area (Å²) in [6, 6.07) is 7.80. The number of aryl methyl sites for hydroxylation is 4. The molecule has 2 N–H and O–H groups in total. The highest BCUT2D eigenvalue weighted by Crippen LogP contribution is 2.44. The molecule has 11 heterocycles. The number of alkyl carbamates (subject to hydrolysis) is 2. The normalized spacial score (nSPS) is 21.2. The average Bonchev–Trinajstić information content (AvgIpc) is 1.56. The third-order valence-electron chi connectivity index (χ3n) is 19.9. The van der Waals surface area contributed by atoms with Gasteiger partial charge in [-0.25, -0.2) is 29.5 Å². The van der Waals surface area contributed by atoms with Crippen molar-refractivity contribution in [1.29, 1.82) is 0 Å². The number of benzene rings is 2. The van der Waals surface area contributed by atoms with Gasteiger partial charge in [0.1, 0.15) is 47.3 Å². The second-order valence-corrected chi connectivity index (χ2v) is 46.7. The minimum Gasteiger partial charge on any atom is -0.444 e. The molecule has 2 amide bonds. The zero-order valence-corrected chi connectivity index (χ0v) is 68.0. The topological polar surface area (TPSA) is 217 Å². The van der Waals surface area contributed by atoms with Crippen LogP contribution < -0.4 is 25.9 Å². The SMILES string of the molecule is CC(C)(C)OC(=O)NC1C[C@H]2CC[C@@H](C1)N2c1cnc2c(I)cn(COCC[Si](C)(C)C)c2n1.Cc1cc(-c2cn(COCC[Si](C)(C)C)c3nc(N4[C@@H]5CC[C@H]4CC(NC(=O)OC(C)(C)C)C5)cnc23)c(Cl)c2cn(C)nc12.Cc1cc(B2OC(C)(C)C(C)(C)O2)c(Cl)c2cn(C)nc12. The number of amides is 2. The number of fused-ring (bicyclic) bond motifs is 8. The standard InChI is InChI=1S/C33H46ClN7O3Si.C24H38IN5O3Si.C15H20BClN2O2/c1-20-13-24(28(34)26-17-39(5)38-29(20)26)25-18-40(19-43-11-12-45(6,7)8)31-30(25)35-16-27(37-31)41-22-9-10-23(41)15-21(14-22)36-32(42)44-33(2,3)4;1-24(2,3)33-23(31)27-16-11-17-7-8-18(12-16)30(17)20-13-26-21-19(25)14-29(22(21)28-20)15-32-9-10-34(4,5)6;1-9-7-11(12(17)10-8-19(6)18-13(9)10)16-20-14(2,3)15(4,5)21-16/h13,16-18,21-23H,9-12,14-15,19H2,1-8H3,(H,36,42);13-14,16-18H,7-12,15H2,1-6H3,(H,27,31);7-8H,1-6H3/t21?,22-,23+;16?,17-,18+;. The highest BCUT2D eigenvalue weighted by Gasteiger charge is 2.53. The largest absolute Gasteiger partial charge is 0.496 e. The molecule has 5 aliphatic heterocycles. The third-order valence-corrected chi connectivity index (χ3v) is 24.9. The lowest BCUT2D eigenvalue weighted by molar-refractivity contribution is 0.00578. The molecular weight excluding hydrogens is 1450 g/mol. The van der Waals surface area contributed by atoms with E-state index in [0.29, 0.717) is 42.2 Å². The maximum Gasteiger partial charge on any atom is 0.496 e. The minimum atomic E-state index is -1.23. The van der Waals surface area contributed by atoms with E-state index in [2.05, 4.69) is 127 Å². The van der Waals surface area contributed by atoms with Gasteiger partial charge in [-0.05, 0) is 186 Å². The van der Waals surface area contributed by atoms with Crippen molar-refractivity contribution in [2.75, 3.05) is 23.0 Å². The number of halogens is 3. The van der Waals surface area contributed by atoms with Crippen LogP contribution >= 0.6 is 45.8 Å². The maximum atomic E-state index is 12.5. The first kappa shape index (κ1) is 75.6. The second kappa shape index (κ2) is 29.2. The van der Waals surface area contributed by atoms with Gasteiger partial charge in [0.05, 0.1) is 48.2 Å². The van der Waals surface area contributed by atoms with Crippen molar-refractivity contribution in [2.24, 2.45) is 14.1 Å². The molecule has 0 saturated carbocycles. The summed E-state index contributed by atoms with van der Waals surface area (Å²) in [6.45, 7) is 40.1. The molecule has 100 heavy (non-hydrogen) atoms. The fourth-order valence-corrected chi connectivity index (χ4v) is 17.1. The van der Waals surface area contributed by atoms with E-state index in [9.17, 15) is 9.59 Å². The number of rotatable bonds is 16. The lowest BCUT2D eigenvalue weighted by Crippen LogP contribution is -2.51.